The highest BCUT2D eigenvalue weighted by Gasteiger charge is 2.33. The van der Waals surface area contributed by atoms with E-state index in [2.05, 4.69) is 35.8 Å². The van der Waals surface area contributed by atoms with Crippen molar-refractivity contribution in [2.24, 2.45) is 11.1 Å². The van der Waals surface area contributed by atoms with E-state index < -0.39 is 0 Å². The standard InChI is InChI=1S/C18H28ClN3.ClH/c1-18(2)13-21(11-8-17(18)20)12-14-15(19)6-5-7-16(14)22-9-3-4-10-22;/h5-7,17H,3-4,8-13,20H2,1-2H3;1H. The number of benzene rings is 1. The van der Waals surface area contributed by atoms with Crippen LogP contribution >= 0.6 is 24.0 Å². The molecule has 3 rings (SSSR count). The molecule has 2 aliphatic rings. The van der Waals surface area contributed by atoms with E-state index >= 15 is 0 Å². The van der Waals surface area contributed by atoms with E-state index in [1.807, 2.05) is 6.07 Å². The van der Waals surface area contributed by atoms with Crippen LogP contribution in [0.25, 0.3) is 0 Å². The second kappa shape index (κ2) is 7.60. The molecule has 1 aromatic carbocycles. The molecule has 23 heavy (non-hydrogen) atoms. The molecular formula is C18H29Cl2N3. The van der Waals surface area contributed by atoms with Gasteiger partial charge in [0.1, 0.15) is 0 Å². The Morgan fingerprint density at radius 1 is 1.22 bits per heavy atom. The van der Waals surface area contributed by atoms with Gasteiger partial charge in [-0.2, -0.15) is 0 Å². The van der Waals surface area contributed by atoms with E-state index in [-0.39, 0.29) is 17.8 Å². The monoisotopic (exact) mass is 357 g/mol. The number of anilines is 1. The van der Waals surface area contributed by atoms with Crippen LogP contribution < -0.4 is 10.6 Å². The first-order valence-corrected chi connectivity index (χ1v) is 8.85. The molecule has 0 spiro atoms. The van der Waals surface area contributed by atoms with Crippen molar-refractivity contribution >= 4 is 29.7 Å². The molecule has 0 bridgehead atoms. The lowest BCUT2D eigenvalue weighted by Gasteiger charge is -2.43. The molecule has 2 aliphatic heterocycles. The van der Waals surface area contributed by atoms with Crippen molar-refractivity contribution in [2.75, 3.05) is 31.1 Å². The minimum Gasteiger partial charge on any atom is -0.371 e. The Bertz CT molecular complexity index is 527. The van der Waals surface area contributed by atoms with Crippen LogP contribution in [-0.2, 0) is 6.54 Å². The van der Waals surface area contributed by atoms with E-state index in [9.17, 15) is 0 Å². The van der Waals surface area contributed by atoms with Crippen LogP contribution in [0.3, 0.4) is 0 Å². The molecule has 2 saturated heterocycles. The Balaban J connectivity index is 0.00000192. The predicted octanol–water partition coefficient (Wildman–Crippen LogP) is 3.92. The van der Waals surface area contributed by atoms with E-state index in [1.165, 1.54) is 24.1 Å². The molecule has 0 amide bonds. The molecule has 130 valence electrons. The van der Waals surface area contributed by atoms with E-state index in [0.717, 1.165) is 44.2 Å². The molecule has 3 nitrogen and oxygen atoms in total. The molecule has 2 N–H and O–H groups in total. The molecule has 0 aliphatic carbocycles. The fraction of sp³-hybridized carbons (Fsp3) is 0.667. The highest BCUT2D eigenvalue weighted by atomic mass is 35.5. The Morgan fingerprint density at radius 3 is 2.57 bits per heavy atom. The van der Waals surface area contributed by atoms with Gasteiger partial charge in [-0.3, -0.25) is 4.90 Å². The average Bonchev–Trinajstić information content (AvgIpc) is 2.99. The number of halogens is 2. The predicted molar refractivity (Wildman–Crippen MR) is 102 cm³/mol. The van der Waals surface area contributed by atoms with Gasteiger partial charge >= 0.3 is 0 Å². The first kappa shape index (κ1) is 18.9. The number of nitrogens with two attached hydrogens (primary N) is 1. The first-order chi connectivity index (χ1) is 10.5. The minimum atomic E-state index is 0. The third kappa shape index (κ3) is 4.14. The van der Waals surface area contributed by atoms with Crippen LogP contribution in [0, 0.1) is 5.41 Å². The largest absolute Gasteiger partial charge is 0.371 e. The van der Waals surface area contributed by atoms with E-state index in [4.69, 9.17) is 17.3 Å². The summed E-state index contributed by atoms with van der Waals surface area (Å²) < 4.78 is 0. The maximum atomic E-state index is 6.55. The summed E-state index contributed by atoms with van der Waals surface area (Å²) in [6.07, 6.45) is 3.64. The van der Waals surface area contributed by atoms with Gasteiger partial charge in [-0.25, -0.2) is 0 Å². The summed E-state index contributed by atoms with van der Waals surface area (Å²) in [6.45, 7) is 9.90. The fourth-order valence-electron chi connectivity index (χ4n) is 3.80. The van der Waals surface area contributed by atoms with Gasteiger partial charge in [0.2, 0.25) is 0 Å². The smallest absolute Gasteiger partial charge is 0.0471 e. The Hall–Kier alpha value is -0.480. The second-order valence-electron chi connectivity index (χ2n) is 7.53. The molecule has 0 saturated carbocycles. The van der Waals surface area contributed by atoms with Gasteiger partial charge in [-0.15, -0.1) is 12.4 Å². The lowest BCUT2D eigenvalue weighted by atomic mass is 9.79. The topological polar surface area (TPSA) is 32.5 Å². The Kier molecular flexibility index (Phi) is 6.23. The molecule has 2 heterocycles. The molecule has 0 radical (unpaired) electrons. The van der Waals surface area contributed by atoms with Gasteiger partial charge in [-0.05, 0) is 36.8 Å². The lowest BCUT2D eigenvalue weighted by Crippen LogP contribution is -2.52. The molecule has 1 atom stereocenters. The molecule has 1 aromatic rings. The summed E-state index contributed by atoms with van der Waals surface area (Å²) in [7, 11) is 0. The van der Waals surface area contributed by atoms with Crippen molar-refractivity contribution in [3.05, 3.63) is 28.8 Å². The average molecular weight is 358 g/mol. The summed E-state index contributed by atoms with van der Waals surface area (Å²) in [5.41, 5.74) is 9.06. The van der Waals surface area contributed by atoms with E-state index in [1.54, 1.807) is 0 Å². The van der Waals surface area contributed by atoms with E-state index in [0.29, 0.717) is 6.04 Å². The Morgan fingerprint density at radius 2 is 1.91 bits per heavy atom. The first-order valence-electron chi connectivity index (χ1n) is 8.48. The number of hydrogen-bond donors (Lipinski definition) is 1. The summed E-state index contributed by atoms with van der Waals surface area (Å²) in [4.78, 5) is 5.01. The van der Waals surface area contributed by atoms with Gasteiger partial charge < -0.3 is 10.6 Å². The zero-order valence-electron chi connectivity index (χ0n) is 14.2. The summed E-state index contributed by atoms with van der Waals surface area (Å²) in [5.74, 6) is 0. The van der Waals surface area contributed by atoms with Gasteiger partial charge in [-0.1, -0.05) is 31.5 Å². The summed E-state index contributed by atoms with van der Waals surface area (Å²) in [6, 6.07) is 6.63. The highest BCUT2D eigenvalue weighted by molar-refractivity contribution is 6.31. The third-order valence-electron chi connectivity index (χ3n) is 5.31. The van der Waals surface area contributed by atoms with Crippen LogP contribution in [-0.4, -0.2) is 37.1 Å². The zero-order chi connectivity index (χ0) is 15.7. The number of hydrogen-bond acceptors (Lipinski definition) is 3. The van der Waals surface area contributed by atoms with Crippen molar-refractivity contribution < 1.29 is 0 Å². The van der Waals surface area contributed by atoms with Crippen LogP contribution in [0.5, 0.6) is 0 Å². The number of rotatable bonds is 3. The number of nitrogens with zero attached hydrogens (tertiary/aromatic N) is 2. The van der Waals surface area contributed by atoms with Gasteiger partial charge in [0.05, 0.1) is 0 Å². The van der Waals surface area contributed by atoms with Gasteiger partial charge in [0, 0.05) is 55.0 Å². The summed E-state index contributed by atoms with van der Waals surface area (Å²) in [5, 5.41) is 0.900. The van der Waals surface area contributed by atoms with Gasteiger partial charge in [0.25, 0.3) is 0 Å². The number of likely N-dealkylation sites (tertiary alicyclic amines) is 1. The third-order valence-corrected chi connectivity index (χ3v) is 5.67. The maximum absolute atomic E-state index is 6.55. The second-order valence-corrected chi connectivity index (χ2v) is 7.93. The van der Waals surface area contributed by atoms with Crippen molar-refractivity contribution in [3.8, 4) is 0 Å². The molecule has 2 fully saturated rings. The van der Waals surface area contributed by atoms with Gasteiger partial charge in [0.15, 0.2) is 0 Å². The molecular weight excluding hydrogens is 329 g/mol. The van der Waals surface area contributed by atoms with Crippen LogP contribution in [0.15, 0.2) is 18.2 Å². The van der Waals surface area contributed by atoms with Crippen molar-refractivity contribution in [1.29, 1.82) is 0 Å². The fourth-order valence-corrected chi connectivity index (χ4v) is 4.03. The highest BCUT2D eigenvalue weighted by Crippen LogP contribution is 2.34. The molecule has 5 heteroatoms. The van der Waals surface area contributed by atoms with Crippen molar-refractivity contribution in [1.82, 2.24) is 4.90 Å². The van der Waals surface area contributed by atoms with Crippen molar-refractivity contribution in [2.45, 2.75) is 45.7 Å². The zero-order valence-corrected chi connectivity index (χ0v) is 15.8. The Labute approximate surface area is 151 Å². The lowest BCUT2D eigenvalue weighted by molar-refractivity contribution is 0.0900. The maximum Gasteiger partial charge on any atom is 0.0471 e. The summed E-state index contributed by atoms with van der Waals surface area (Å²) >= 11 is 6.55. The molecule has 0 aromatic heterocycles. The van der Waals surface area contributed by atoms with Crippen LogP contribution in [0.1, 0.15) is 38.7 Å². The quantitative estimate of drug-likeness (QED) is 0.889. The van der Waals surface area contributed by atoms with Crippen LogP contribution in [0.2, 0.25) is 5.02 Å². The normalized spacial score (nSPS) is 24.5. The van der Waals surface area contributed by atoms with Crippen molar-refractivity contribution in [3.63, 3.8) is 0 Å². The SMILES string of the molecule is CC1(C)CN(Cc2c(Cl)cccc2N2CCCC2)CCC1N.Cl. The number of piperidine rings is 1. The van der Waals surface area contributed by atoms with Crippen LogP contribution in [0.4, 0.5) is 5.69 Å². The molecule has 1 unspecified atom stereocenters. The minimum absolute atomic E-state index is 0.